The average Bonchev–Trinajstić information content (AvgIpc) is 2.20. The van der Waals surface area contributed by atoms with Gasteiger partial charge in [-0.15, -0.1) is 0 Å². The van der Waals surface area contributed by atoms with Gasteiger partial charge < -0.3 is 10.0 Å². The first-order valence-corrected chi connectivity index (χ1v) is 5.24. The molecule has 84 valence electrons. The zero-order chi connectivity index (χ0) is 11.4. The van der Waals surface area contributed by atoms with Crippen LogP contribution in [0.1, 0.15) is 19.8 Å². The van der Waals surface area contributed by atoms with E-state index in [0.717, 1.165) is 5.57 Å². The molecule has 0 aromatic rings. The molecular weight excluding hydrogens is 218 g/mol. The van der Waals surface area contributed by atoms with E-state index < -0.39 is 11.9 Å². The molecule has 1 amide bonds. The molecule has 1 aliphatic heterocycles. The smallest absolute Gasteiger partial charge is 0.308 e. The average molecular weight is 232 g/mol. The first kappa shape index (κ1) is 12.0. The van der Waals surface area contributed by atoms with Crippen molar-refractivity contribution in [1.29, 1.82) is 0 Å². The van der Waals surface area contributed by atoms with Crippen LogP contribution in [0.15, 0.2) is 11.1 Å². The number of carbonyl (C=O) groups is 2. The van der Waals surface area contributed by atoms with Crippen molar-refractivity contribution in [2.24, 2.45) is 5.92 Å². The van der Waals surface area contributed by atoms with Crippen LogP contribution in [0.4, 0.5) is 0 Å². The topological polar surface area (TPSA) is 57.6 Å². The van der Waals surface area contributed by atoms with Gasteiger partial charge in [0.25, 0.3) is 0 Å². The Labute approximate surface area is 93.5 Å². The molecule has 1 N–H and O–H groups in total. The molecule has 1 fully saturated rings. The first-order chi connectivity index (χ1) is 7.04. The fourth-order valence-corrected chi connectivity index (χ4v) is 1.67. The number of nitrogens with zero attached hydrogens (tertiary/aromatic N) is 1. The van der Waals surface area contributed by atoms with Gasteiger partial charge in [-0.25, -0.2) is 0 Å². The lowest BCUT2D eigenvalue weighted by Gasteiger charge is -2.30. The van der Waals surface area contributed by atoms with Crippen molar-refractivity contribution in [2.45, 2.75) is 19.8 Å². The maximum atomic E-state index is 11.5. The van der Waals surface area contributed by atoms with Gasteiger partial charge in [-0.1, -0.05) is 11.6 Å². The summed E-state index contributed by atoms with van der Waals surface area (Å²) in [6, 6.07) is 0. The van der Waals surface area contributed by atoms with Crippen LogP contribution in [0.5, 0.6) is 0 Å². The van der Waals surface area contributed by atoms with Gasteiger partial charge in [-0.2, -0.15) is 0 Å². The van der Waals surface area contributed by atoms with Gasteiger partial charge in [-0.05, 0) is 18.9 Å². The SMILES string of the molecule is CC(=CCl)CN1CC(C(=O)O)CCC1=O. The highest BCUT2D eigenvalue weighted by atomic mass is 35.5. The minimum absolute atomic E-state index is 0.00497. The van der Waals surface area contributed by atoms with E-state index >= 15 is 0 Å². The number of hydrogen-bond acceptors (Lipinski definition) is 2. The van der Waals surface area contributed by atoms with E-state index in [2.05, 4.69) is 0 Å². The highest BCUT2D eigenvalue weighted by Gasteiger charge is 2.29. The maximum absolute atomic E-state index is 11.5. The van der Waals surface area contributed by atoms with Crippen molar-refractivity contribution in [3.63, 3.8) is 0 Å². The molecule has 0 saturated carbocycles. The summed E-state index contributed by atoms with van der Waals surface area (Å²) < 4.78 is 0. The molecule has 0 radical (unpaired) electrons. The molecule has 0 aromatic carbocycles. The van der Waals surface area contributed by atoms with Crippen LogP contribution in [0.2, 0.25) is 0 Å². The summed E-state index contributed by atoms with van der Waals surface area (Å²) in [6.45, 7) is 2.52. The third-order valence-corrected chi connectivity index (χ3v) is 2.85. The largest absolute Gasteiger partial charge is 0.481 e. The summed E-state index contributed by atoms with van der Waals surface area (Å²) in [5, 5.41) is 8.85. The summed E-state index contributed by atoms with van der Waals surface area (Å²) in [5.74, 6) is -1.27. The summed E-state index contributed by atoms with van der Waals surface area (Å²) in [7, 11) is 0. The third kappa shape index (κ3) is 3.23. The number of halogens is 1. The van der Waals surface area contributed by atoms with E-state index in [4.69, 9.17) is 16.7 Å². The van der Waals surface area contributed by atoms with Gasteiger partial charge in [0, 0.05) is 25.0 Å². The van der Waals surface area contributed by atoms with Gasteiger partial charge in [0.15, 0.2) is 0 Å². The van der Waals surface area contributed by atoms with Crippen molar-refractivity contribution in [3.05, 3.63) is 11.1 Å². The Morgan fingerprint density at radius 3 is 2.93 bits per heavy atom. The molecule has 1 atom stereocenters. The number of aliphatic carboxylic acids is 1. The number of piperidine rings is 1. The van der Waals surface area contributed by atoms with Crippen LogP contribution < -0.4 is 0 Å². The second kappa shape index (κ2) is 5.16. The van der Waals surface area contributed by atoms with Gasteiger partial charge >= 0.3 is 5.97 Å². The van der Waals surface area contributed by atoms with Crippen LogP contribution in [0.25, 0.3) is 0 Å². The Kier molecular flexibility index (Phi) is 4.15. The van der Waals surface area contributed by atoms with Gasteiger partial charge in [-0.3, -0.25) is 9.59 Å². The number of rotatable bonds is 3. The molecule has 1 heterocycles. The predicted molar refractivity (Wildman–Crippen MR) is 56.5 cm³/mol. The van der Waals surface area contributed by atoms with E-state index in [9.17, 15) is 9.59 Å². The molecule has 1 aliphatic rings. The highest BCUT2D eigenvalue weighted by Crippen LogP contribution is 2.18. The lowest BCUT2D eigenvalue weighted by molar-refractivity contribution is -0.147. The molecule has 1 rings (SSSR count). The maximum Gasteiger partial charge on any atom is 0.308 e. The van der Waals surface area contributed by atoms with Crippen LogP contribution in [-0.4, -0.2) is 35.0 Å². The summed E-state index contributed by atoms with van der Waals surface area (Å²) in [4.78, 5) is 23.8. The minimum atomic E-state index is -0.833. The van der Waals surface area contributed by atoms with E-state index in [0.29, 0.717) is 19.4 Å². The molecule has 1 saturated heterocycles. The van der Waals surface area contributed by atoms with E-state index in [1.165, 1.54) is 5.54 Å². The fourth-order valence-electron chi connectivity index (χ4n) is 1.60. The Hall–Kier alpha value is -1.03. The predicted octanol–water partition coefficient (Wildman–Crippen LogP) is 1.45. The van der Waals surface area contributed by atoms with Crippen molar-refractivity contribution >= 4 is 23.5 Å². The third-order valence-electron chi connectivity index (χ3n) is 2.48. The molecule has 0 spiro atoms. The number of amides is 1. The number of likely N-dealkylation sites (tertiary alicyclic amines) is 1. The van der Waals surface area contributed by atoms with Crippen molar-refractivity contribution in [2.75, 3.05) is 13.1 Å². The summed E-state index contributed by atoms with van der Waals surface area (Å²) >= 11 is 5.50. The molecule has 5 heteroatoms. The number of carboxylic acid groups (broad SMARTS) is 1. The fraction of sp³-hybridized carbons (Fsp3) is 0.600. The van der Waals surface area contributed by atoms with Crippen LogP contribution in [0, 0.1) is 5.92 Å². The van der Waals surface area contributed by atoms with E-state index in [1.54, 1.807) is 4.90 Å². The van der Waals surface area contributed by atoms with E-state index in [1.807, 2.05) is 6.92 Å². The molecule has 15 heavy (non-hydrogen) atoms. The number of hydrogen-bond donors (Lipinski definition) is 1. The summed E-state index contributed by atoms with van der Waals surface area (Å²) in [6.07, 6.45) is 0.751. The van der Waals surface area contributed by atoms with Gasteiger partial charge in [0.2, 0.25) is 5.91 Å². The van der Waals surface area contributed by atoms with Crippen LogP contribution in [0.3, 0.4) is 0 Å². The molecule has 4 nitrogen and oxygen atoms in total. The quantitative estimate of drug-likeness (QED) is 0.800. The molecule has 0 bridgehead atoms. The van der Waals surface area contributed by atoms with Crippen molar-refractivity contribution in [1.82, 2.24) is 4.90 Å². The monoisotopic (exact) mass is 231 g/mol. The molecule has 0 aromatic heterocycles. The highest BCUT2D eigenvalue weighted by molar-refractivity contribution is 6.25. The second-order valence-electron chi connectivity index (χ2n) is 3.80. The normalized spacial score (nSPS) is 23.1. The lowest BCUT2D eigenvalue weighted by atomic mass is 9.97. The van der Waals surface area contributed by atoms with Crippen LogP contribution >= 0.6 is 11.6 Å². The number of carbonyl (C=O) groups excluding carboxylic acids is 1. The lowest BCUT2D eigenvalue weighted by Crippen LogP contribution is -2.43. The van der Waals surface area contributed by atoms with Gasteiger partial charge in [0.05, 0.1) is 5.92 Å². The minimum Gasteiger partial charge on any atom is -0.481 e. The zero-order valence-electron chi connectivity index (χ0n) is 8.57. The van der Waals surface area contributed by atoms with Gasteiger partial charge in [0.1, 0.15) is 0 Å². The van der Waals surface area contributed by atoms with E-state index in [-0.39, 0.29) is 12.5 Å². The van der Waals surface area contributed by atoms with Crippen LogP contribution in [-0.2, 0) is 9.59 Å². The first-order valence-electron chi connectivity index (χ1n) is 4.81. The van der Waals surface area contributed by atoms with Crippen molar-refractivity contribution < 1.29 is 14.7 Å². The Morgan fingerprint density at radius 2 is 2.40 bits per heavy atom. The Balaban J connectivity index is 2.61. The zero-order valence-corrected chi connectivity index (χ0v) is 9.33. The summed E-state index contributed by atoms with van der Waals surface area (Å²) in [5.41, 5.74) is 2.27. The molecular formula is C10H14ClNO3. The Bertz CT molecular complexity index is 301. The molecule has 0 aliphatic carbocycles. The standard InChI is InChI=1S/C10H14ClNO3/c1-7(4-11)5-12-6-8(10(14)15)2-3-9(12)13/h4,8H,2-3,5-6H2,1H3,(H,14,15). The Morgan fingerprint density at radius 1 is 1.73 bits per heavy atom. The van der Waals surface area contributed by atoms with Crippen molar-refractivity contribution in [3.8, 4) is 0 Å². The molecule has 1 unspecified atom stereocenters. The second-order valence-corrected chi connectivity index (χ2v) is 4.02. The number of carboxylic acids is 1.